The Bertz CT molecular complexity index is 426. The van der Waals surface area contributed by atoms with Crippen molar-refractivity contribution in [1.29, 1.82) is 5.26 Å². The second kappa shape index (κ2) is 4.82. The predicted molar refractivity (Wildman–Crippen MR) is 54.2 cm³/mol. The van der Waals surface area contributed by atoms with Gasteiger partial charge in [-0.1, -0.05) is 12.1 Å². The fourth-order valence-corrected chi connectivity index (χ4v) is 1.01. The van der Waals surface area contributed by atoms with Gasteiger partial charge in [0.1, 0.15) is 17.4 Å². The number of hydrogen-bond acceptors (Lipinski definition) is 3. The summed E-state index contributed by atoms with van der Waals surface area (Å²) in [5.74, 6) is -0.547. The molecule has 1 N–H and O–H groups in total. The Balaban J connectivity index is 2.98. The van der Waals surface area contributed by atoms with Gasteiger partial charge in [-0.05, 0) is 23.8 Å². The van der Waals surface area contributed by atoms with Gasteiger partial charge in [0.15, 0.2) is 0 Å². The molecule has 0 unspecified atom stereocenters. The number of ether oxygens (including phenoxy) is 1. The highest BCUT2D eigenvalue weighted by atomic mass is 16.5. The molecular weight excluding hydrogens is 194 g/mol. The number of carboxylic acids is 1. The van der Waals surface area contributed by atoms with Gasteiger partial charge in [-0.15, -0.1) is 0 Å². The maximum Gasteiger partial charge on any atom is 0.346 e. The molecule has 0 saturated carbocycles. The molecule has 1 rings (SSSR count). The van der Waals surface area contributed by atoms with E-state index >= 15 is 0 Å². The summed E-state index contributed by atoms with van der Waals surface area (Å²) in [6.07, 6.45) is 1.31. The average Bonchev–Trinajstić information content (AvgIpc) is 2.26. The second-order valence-electron chi connectivity index (χ2n) is 2.75. The molecule has 4 nitrogen and oxygen atoms in total. The normalized spacial score (nSPS) is 10.5. The Morgan fingerprint density at radius 2 is 2.07 bits per heavy atom. The molecule has 76 valence electrons. The molecule has 0 radical (unpaired) electrons. The van der Waals surface area contributed by atoms with Crippen LogP contribution >= 0.6 is 0 Å². The monoisotopic (exact) mass is 203 g/mol. The summed E-state index contributed by atoms with van der Waals surface area (Å²) in [6.45, 7) is 0. The molecular formula is C11H9NO3. The minimum absolute atomic E-state index is 0.292. The standard InChI is InChI=1S/C11H9NO3/c1-15-10-4-2-8(3-5-10)6-9(7-12)11(13)14/h2-6H,1H3,(H,13,14)/b9-6-. The summed E-state index contributed by atoms with van der Waals surface area (Å²) in [5.41, 5.74) is 0.356. The Hall–Kier alpha value is -2.28. The molecule has 1 aromatic rings. The maximum absolute atomic E-state index is 10.5. The number of carboxylic acid groups (broad SMARTS) is 1. The number of nitrogens with zero attached hydrogens (tertiary/aromatic N) is 1. The van der Waals surface area contributed by atoms with Crippen molar-refractivity contribution in [3.63, 3.8) is 0 Å². The maximum atomic E-state index is 10.5. The van der Waals surface area contributed by atoms with Gasteiger partial charge in [-0.2, -0.15) is 5.26 Å². The van der Waals surface area contributed by atoms with Crippen molar-refractivity contribution in [3.05, 3.63) is 35.4 Å². The van der Waals surface area contributed by atoms with Crippen LogP contribution in [0.5, 0.6) is 5.75 Å². The van der Waals surface area contributed by atoms with E-state index < -0.39 is 5.97 Å². The summed E-state index contributed by atoms with van der Waals surface area (Å²) in [7, 11) is 1.54. The third-order valence-corrected chi connectivity index (χ3v) is 1.78. The number of aliphatic carboxylic acids is 1. The van der Waals surface area contributed by atoms with E-state index in [1.54, 1.807) is 37.4 Å². The topological polar surface area (TPSA) is 70.3 Å². The molecule has 0 aliphatic heterocycles. The minimum atomic E-state index is -1.23. The molecule has 0 atom stereocenters. The number of hydrogen-bond donors (Lipinski definition) is 1. The Morgan fingerprint density at radius 3 is 2.47 bits per heavy atom. The van der Waals surface area contributed by atoms with Gasteiger partial charge >= 0.3 is 5.97 Å². The van der Waals surface area contributed by atoms with E-state index in [-0.39, 0.29) is 5.57 Å². The lowest BCUT2D eigenvalue weighted by molar-refractivity contribution is -0.132. The van der Waals surface area contributed by atoms with Crippen LogP contribution in [0.3, 0.4) is 0 Å². The van der Waals surface area contributed by atoms with Crippen LogP contribution in [0.1, 0.15) is 5.56 Å². The zero-order valence-electron chi connectivity index (χ0n) is 8.10. The van der Waals surface area contributed by atoms with Crippen LogP contribution in [0, 0.1) is 11.3 Å². The molecule has 0 aliphatic rings. The van der Waals surface area contributed by atoms with Gasteiger partial charge in [0.05, 0.1) is 7.11 Å². The average molecular weight is 203 g/mol. The van der Waals surface area contributed by atoms with Crippen LogP contribution < -0.4 is 4.74 Å². The van der Waals surface area contributed by atoms with E-state index in [1.807, 2.05) is 0 Å². The van der Waals surface area contributed by atoms with E-state index in [0.29, 0.717) is 11.3 Å². The van der Waals surface area contributed by atoms with Crippen molar-refractivity contribution in [2.75, 3.05) is 7.11 Å². The zero-order chi connectivity index (χ0) is 11.3. The van der Waals surface area contributed by atoms with Crippen molar-refractivity contribution >= 4 is 12.0 Å². The van der Waals surface area contributed by atoms with Gasteiger partial charge < -0.3 is 9.84 Å². The first-order valence-corrected chi connectivity index (χ1v) is 4.16. The molecule has 0 aromatic heterocycles. The highest BCUT2D eigenvalue weighted by Crippen LogP contribution is 2.13. The third-order valence-electron chi connectivity index (χ3n) is 1.78. The summed E-state index contributed by atoms with van der Waals surface area (Å²) in [4.78, 5) is 10.5. The smallest absolute Gasteiger partial charge is 0.346 e. The summed E-state index contributed by atoms with van der Waals surface area (Å²) >= 11 is 0. The van der Waals surface area contributed by atoms with Crippen molar-refractivity contribution in [3.8, 4) is 11.8 Å². The van der Waals surface area contributed by atoms with Crippen LogP contribution in [0.15, 0.2) is 29.8 Å². The molecule has 0 saturated heterocycles. The summed E-state index contributed by atoms with van der Waals surface area (Å²) in [6, 6.07) is 8.36. The fraction of sp³-hybridized carbons (Fsp3) is 0.0909. The highest BCUT2D eigenvalue weighted by Gasteiger charge is 2.05. The van der Waals surface area contributed by atoms with Gasteiger partial charge in [-0.3, -0.25) is 0 Å². The van der Waals surface area contributed by atoms with Crippen LogP contribution in [0.4, 0.5) is 0 Å². The molecule has 15 heavy (non-hydrogen) atoms. The van der Waals surface area contributed by atoms with Crippen LogP contribution in [-0.4, -0.2) is 18.2 Å². The van der Waals surface area contributed by atoms with Crippen LogP contribution in [0.25, 0.3) is 6.08 Å². The Kier molecular flexibility index (Phi) is 3.47. The number of benzene rings is 1. The predicted octanol–water partition coefficient (Wildman–Crippen LogP) is 1.69. The molecule has 0 fully saturated rings. The lowest BCUT2D eigenvalue weighted by Crippen LogP contribution is -1.97. The van der Waals surface area contributed by atoms with Gasteiger partial charge in [0, 0.05) is 0 Å². The zero-order valence-corrected chi connectivity index (χ0v) is 8.10. The fourth-order valence-electron chi connectivity index (χ4n) is 1.01. The lowest BCUT2D eigenvalue weighted by Gasteiger charge is -1.99. The van der Waals surface area contributed by atoms with Gasteiger partial charge in [-0.25, -0.2) is 4.79 Å². The van der Waals surface area contributed by atoms with E-state index in [0.717, 1.165) is 0 Å². The number of methoxy groups -OCH3 is 1. The van der Waals surface area contributed by atoms with Gasteiger partial charge in [0.25, 0.3) is 0 Å². The molecule has 1 aromatic carbocycles. The Labute approximate surface area is 87.0 Å². The van der Waals surface area contributed by atoms with E-state index in [1.165, 1.54) is 6.08 Å². The quantitative estimate of drug-likeness (QED) is 0.599. The number of rotatable bonds is 3. The number of nitriles is 1. The van der Waals surface area contributed by atoms with Crippen molar-refractivity contribution < 1.29 is 14.6 Å². The molecule has 0 spiro atoms. The first-order chi connectivity index (χ1) is 7.17. The Morgan fingerprint density at radius 1 is 1.47 bits per heavy atom. The first kappa shape index (κ1) is 10.8. The second-order valence-corrected chi connectivity index (χ2v) is 2.75. The summed E-state index contributed by atoms with van der Waals surface area (Å²) < 4.78 is 4.95. The molecule has 0 amide bonds. The molecule has 0 aliphatic carbocycles. The summed E-state index contributed by atoms with van der Waals surface area (Å²) in [5, 5.41) is 17.2. The van der Waals surface area contributed by atoms with Crippen LogP contribution in [-0.2, 0) is 4.79 Å². The van der Waals surface area contributed by atoms with E-state index in [2.05, 4.69) is 0 Å². The third kappa shape index (κ3) is 2.85. The number of carbonyl (C=O) groups is 1. The largest absolute Gasteiger partial charge is 0.497 e. The van der Waals surface area contributed by atoms with Crippen molar-refractivity contribution in [2.45, 2.75) is 0 Å². The van der Waals surface area contributed by atoms with Crippen molar-refractivity contribution in [1.82, 2.24) is 0 Å². The van der Waals surface area contributed by atoms with E-state index in [4.69, 9.17) is 15.1 Å². The highest BCUT2D eigenvalue weighted by molar-refractivity contribution is 5.96. The van der Waals surface area contributed by atoms with Crippen LogP contribution in [0.2, 0.25) is 0 Å². The van der Waals surface area contributed by atoms with Crippen molar-refractivity contribution in [2.24, 2.45) is 0 Å². The lowest BCUT2D eigenvalue weighted by atomic mass is 10.1. The molecule has 0 heterocycles. The first-order valence-electron chi connectivity index (χ1n) is 4.16. The minimum Gasteiger partial charge on any atom is -0.497 e. The molecule has 0 bridgehead atoms. The van der Waals surface area contributed by atoms with E-state index in [9.17, 15) is 4.79 Å². The SMILES string of the molecule is COc1ccc(/C=C(/C#N)C(=O)O)cc1. The molecule has 4 heteroatoms. The van der Waals surface area contributed by atoms with Gasteiger partial charge in [0.2, 0.25) is 0 Å².